The van der Waals surface area contributed by atoms with Gasteiger partial charge in [0.2, 0.25) is 0 Å². The Morgan fingerprint density at radius 2 is 1.16 bits per heavy atom. The highest BCUT2D eigenvalue weighted by Crippen LogP contribution is 2.34. The van der Waals surface area contributed by atoms with Crippen molar-refractivity contribution >= 4 is 0 Å². The summed E-state index contributed by atoms with van der Waals surface area (Å²) in [5, 5.41) is 0. The van der Waals surface area contributed by atoms with E-state index in [2.05, 4.69) is 102 Å². The highest BCUT2D eigenvalue weighted by molar-refractivity contribution is 5.63. The van der Waals surface area contributed by atoms with Crippen LogP contribution in [-0.2, 0) is 0 Å². The van der Waals surface area contributed by atoms with Gasteiger partial charge in [0.25, 0.3) is 0 Å². The van der Waals surface area contributed by atoms with E-state index < -0.39 is 0 Å². The van der Waals surface area contributed by atoms with Crippen LogP contribution < -0.4 is 4.74 Å². The predicted octanol–water partition coefficient (Wildman–Crippen LogP) is 7.17. The molecule has 0 amide bonds. The first-order valence-electron chi connectivity index (χ1n) is 10.9. The van der Waals surface area contributed by atoms with E-state index in [1.807, 2.05) is 18.2 Å². The molecule has 5 aromatic rings. The third-order valence-corrected chi connectivity index (χ3v) is 5.94. The largest absolute Gasteiger partial charge is 0.497 e. The topological polar surface area (TPSA) is 40.8 Å². The lowest BCUT2D eigenvalue weighted by atomic mass is 9.92. The minimum absolute atomic E-state index is 0.0533. The van der Waals surface area contributed by atoms with E-state index in [0.29, 0.717) is 0 Å². The Balaban J connectivity index is 1.56. The molecule has 0 aliphatic rings. The van der Waals surface area contributed by atoms with Crippen LogP contribution in [0.25, 0.3) is 22.5 Å². The van der Waals surface area contributed by atoms with Crippen LogP contribution in [0.5, 0.6) is 5.75 Å². The minimum atomic E-state index is 0.0533. The zero-order valence-electron chi connectivity index (χ0n) is 18.3. The molecule has 0 saturated heterocycles. The van der Waals surface area contributed by atoms with Crippen LogP contribution in [0.15, 0.2) is 103 Å². The number of rotatable bonds is 6. The number of H-pyrrole nitrogens is 2. The summed E-state index contributed by atoms with van der Waals surface area (Å²) < 4.78 is 5.38. The van der Waals surface area contributed by atoms with Gasteiger partial charge in [0.05, 0.1) is 13.0 Å². The molecule has 5 rings (SSSR count). The molecule has 0 bridgehead atoms. The summed E-state index contributed by atoms with van der Waals surface area (Å²) in [4.78, 5) is 7.33. The second-order valence-electron chi connectivity index (χ2n) is 8.09. The molecule has 0 spiro atoms. The summed E-state index contributed by atoms with van der Waals surface area (Å²) in [6.45, 7) is 2.11. The van der Waals surface area contributed by atoms with Gasteiger partial charge in [-0.25, -0.2) is 0 Å². The van der Waals surface area contributed by atoms with E-state index in [1.165, 1.54) is 22.3 Å². The van der Waals surface area contributed by atoms with Crippen molar-refractivity contribution in [3.63, 3.8) is 0 Å². The predicted molar refractivity (Wildman–Crippen MR) is 131 cm³/mol. The second kappa shape index (κ2) is 8.64. The van der Waals surface area contributed by atoms with E-state index >= 15 is 0 Å². The molecule has 1 atom stereocenters. The zero-order chi connectivity index (χ0) is 21.9. The van der Waals surface area contributed by atoms with Crippen LogP contribution in [0.3, 0.4) is 0 Å². The second-order valence-corrected chi connectivity index (χ2v) is 8.09. The first-order chi connectivity index (χ1) is 15.7. The van der Waals surface area contributed by atoms with Crippen LogP contribution in [0, 0.1) is 6.92 Å². The van der Waals surface area contributed by atoms with Crippen molar-refractivity contribution in [3.05, 3.63) is 126 Å². The number of benzene rings is 3. The van der Waals surface area contributed by atoms with Crippen molar-refractivity contribution in [1.82, 2.24) is 9.97 Å². The highest BCUT2D eigenvalue weighted by Gasteiger charge is 2.21. The number of methoxy groups -OCH3 is 1. The molecule has 0 saturated carbocycles. The Morgan fingerprint density at radius 3 is 1.72 bits per heavy atom. The molecular weight excluding hydrogens is 392 g/mol. The van der Waals surface area contributed by atoms with Crippen molar-refractivity contribution in [1.29, 1.82) is 0 Å². The summed E-state index contributed by atoms with van der Waals surface area (Å²) >= 11 is 0. The Kier molecular flexibility index (Phi) is 5.39. The molecule has 3 aromatic carbocycles. The number of hydrogen-bond donors (Lipinski definition) is 2. The monoisotopic (exact) mass is 418 g/mol. The first kappa shape index (κ1) is 20.0. The Hall–Kier alpha value is -3.98. The molecule has 2 aromatic heterocycles. The number of nitrogens with one attached hydrogen (secondary N) is 2. The fourth-order valence-electron chi connectivity index (χ4n) is 4.17. The molecule has 2 heterocycles. The smallest absolute Gasteiger partial charge is 0.118 e. The van der Waals surface area contributed by atoms with Gasteiger partial charge >= 0.3 is 0 Å². The lowest BCUT2D eigenvalue weighted by Gasteiger charge is -2.16. The fourth-order valence-corrected chi connectivity index (χ4v) is 4.17. The zero-order valence-corrected chi connectivity index (χ0v) is 18.3. The molecule has 0 aliphatic carbocycles. The van der Waals surface area contributed by atoms with Crippen molar-refractivity contribution in [2.45, 2.75) is 12.8 Å². The molecule has 32 heavy (non-hydrogen) atoms. The van der Waals surface area contributed by atoms with Gasteiger partial charge in [-0.1, -0.05) is 72.3 Å². The van der Waals surface area contributed by atoms with E-state index in [1.54, 1.807) is 7.11 Å². The molecular formula is C29H26N2O. The van der Waals surface area contributed by atoms with Crippen LogP contribution in [0.1, 0.15) is 28.4 Å². The number of ether oxygens (including phenoxy) is 1. The molecule has 1 unspecified atom stereocenters. The Morgan fingerprint density at radius 1 is 0.594 bits per heavy atom. The van der Waals surface area contributed by atoms with Gasteiger partial charge in [0.15, 0.2) is 0 Å². The molecule has 0 radical (unpaired) electrons. The normalized spacial score (nSPS) is 11.9. The standard InChI is InChI=1S/C29H26N2O/c1-20-8-10-22(11-9-20)26-17-19-28(31-26)29(23-12-14-24(32-2)15-13-23)27-18-16-25(30-27)21-6-4-3-5-7-21/h3-19,29-31H,1-2H3. The third-order valence-electron chi connectivity index (χ3n) is 5.94. The fraction of sp³-hybridized carbons (Fsp3) is 0.103. The lowest BCUT2D eigenvalue weighted by molar-refractivity contribution is 0.414. The summed E-state index contributed by atoms with van der Waals surface area (Å²) in [7, 11) is 1.70. The Labute approximate surface area is 188 Å². The van der Waals surface area contributed by atoms with E-state index in [4.69, 9.17) is 4.74 Å². The van der Waals surface area contributed by atoms with Gasteiger partial charge in [-0.2, -0.15) is 0 Å². The van der Waals surface area contributed by atoms with E-state index in [0.717, 1.165) is 28.5 Å². The number of aromatic amines is 2. The minimum Gasteiger partial charge on any atom is -0.497 e. The SMILES string of the molecule is COc1ccc(C(c2ccc(-c3ccccc3)[nH]2)c2ccc(-c3ccc(C)cc3)[nH]2)cc1. The van der Waals surface area contributed by atoms with Crippen molar-refractivity contribution in [2.24, 2.45) is 0 Å². The van der Waals surface area contributed by atoms with Gasteiger partial charge in [0, 0.05) is 22.8 Å². The average molecular weight is 419 g/mol. The maximum absolute atomic E-state index is 5.38. The quantitative estimate of drug-likeness (QED) is 0.301. The van der Waals surface area contributed by atoms with E-state index in [-0.39, 0.29) is 5.92 Å². The van der Waals surface area contributed by atoms with Gasteiger partial charge in [-0.15, -0.1) is 0 Å². The molecule has 3 heteroatoms. The number of hydrogen-bond acceptors (Lipinski definition) is 1. The van der Waals surface area contributed by atoms with Crippen LogP contribution in [0.4, 0.5) is 0 Å². The van der Waals surface area contributed by atoms with Crippen molar-refractivity contribution in [3.8, 4) is 28.3 Å². The summed E-state index contributed by atoms with van der Waals surface area (Å²) in [5.41, 5.74) is 9.35. The van der Waals surface area contributed by atoms with Crippen molar-refractivity contribution in [2.75, 3.05) is 7.11 Å². The molecule has 158 valence electrons. The van der Waals surface area contributed by atoms with Gasteiger partial charge in [0.1, 0.15) is 5.75 Å². The maximum atomic E-state index is 5.38. The molecule has 3 nitrogen and oxygen atoms in total. The Bertz CT molecular complexity index is 1300. The summed E-state index contributed by atoms with van der Waals surface area (Å²) in [5.74, 6) is 0.911. The lowest BCUT2D eigenvalue weighted by Crippen LogP contribution is -2.04. The maximum Gasteiger partial charge on any atom is 0.118 e. The van der Waals surface area contributed by atoms with Crippen LogP contribution in [-0.4, -0.2) is 17.1 Å². The summed E-state index contributed by atoms with van der Waals surface area (Å²) in [6, 6.07) is 36.1. The van der Waals surface area contributed by atoms with Crippen LogP contribution in [0.2, 0.25) is 0 Å². The van der Waals surface area contributed by atoms with Gasteiger partial charge in [-0.05, 0) is 60.0 Å². The number of aromatic nitrogens is 2. The molecule has 0 fully saturated rings. The molecule has 0 aliphatic heterocycles. The third kappa shape index (κ3) is 3.97. The van der Waals surface area contributed by atoms with Crippen LogP contribution >= 0.6 is 0 Å². The highest BCUT2D eigenvalue weighted by atomic mass is 16.5. The first-order valence-corrected chi connectivity index (χ1v) is 10.9. The summed E-state index contributed by atoms with van der Waals surface area (Å²) in [6.07, 6.45) is 0. The van der Waals surface area contributed by atoms with Crippen molar-refractivity contribution < 1.29 is 4.74 Å². The van der Waals surface area contributed by atoms with Gasteiger partial charge in [-0.3, -0.25) is 0 Å². The molecule has 2 N–H and O–H groups in total. The number of aryl methyl sites for hydroxylation is 1. The van der Waals surface area contributed by atoms with Gasteiger partial charge < -0.3 is 14.7 Å². The average Bonchev–Trinajstić information content (AvgIpc) is 3.52. The van der Waals surface area contributed by atoms with E-state index in [9.17, 15) is 0 Å².